The quantitative estimate of drug-likeness (QED) is 0.538. The molecule has 2 aliphatic heterocycles. The van der Waals surface area contributed by atoms with Crippen LogP contribution < -0.4 is 9.64 Å². The summed E-state index contributed by atoms with van der Waals surface area (Å²) in [6.45, 7) is 3.76. The molecule has 34 heavy (non-hydrogen) atoms. The third kappa shape index (κ3) is 4.35. The highest BCUT2D eigenvalue weighted by molar-refractivity contribution is 7.89. The van der Waals surface area contributed by atoms with Gasteiger partial charge in [0.15, 0.2) is 11.6 Å². The van der Waals surface area contributed by atoms with E-state index in [9.17, 15) is 17.2 Å². The van der Waals surface area contributed by atoms with Gasteiger partial charge in [-0.05, 0) is 49.6 Å². The molecule has 3 aromatic rings. The molecule has 0 spiro atoms. The lowest BCUT2D eigenvalue weighted by Crippen LogP contribution is -2.37. The number of benzene rings is 2. The van der Waals surface area contributed by atoms with E-state index in [1.165, 1.54) is 10.4 Å². The number of aryl methyl sites for hydroxylation is 1. The number of aromatic nitrogens is 2. The standard InChI is InChI=1S/C24H24F2N4O3S/c1-16-5-4-6-18(13-16)34(31,32)30-12-9-22-19(15-30)23(28-24(27-22)29-10-2-3-11-29)33-17-7-8-20(25)21(26)14-17/h4-8,13-14H,2-3,9-12,15H2,1H3. The molecule has 0 radical (unpaired) electrons. The summed E-state index contributed by atoms with van der Waals surface area (Å²) in [6, 6.07) is 10.00. The largest absolute Gasteiger partial charge is 0.438 e. The Hall–Kier alpha value is -3.11. The zero-order valence-corrected chi connectivity index (χ0v) is 19.5. The Bertz CT molecular complexity index is 1340. The second-order valence-electron chi connectivity index (χ2n) is 8.53. The van der Waals surface area contributed by atoms with Crippen LogP contribution in [0.3, 0.4) is 0 Å². The lowest BCUT2D eigenvalue weighted by atomic mass is 10.1. The fraction of sp³-hybridized carbons (Fsp3) is 0.333. The Kier molecular flexibility index (Phi) is 5.95. The van der Waals surface area contributed by atoms with Gasteiger partial charge in [-0.15, -0.1) is 0 Å². The van der Waals surface area contributed by atoms with Crippen molar-refractivity contribution in [2.75, 3.05) is 24.5 Å². The maximum Gasteiger partial charge on any atom is 0.243 e. The molecule has 3 heterocycles. The van der Waals surface area contributed by atoms with E-state index in [0.717, 1.165) is 43.6 Å². The number of hydrogen-bond donors (Lipinski definition) is 0. The number of rotatable bonds is 5. The molecule has 0 N–H and O–H groups in total. The molecule has 1 saturated heterocycles. The van der Waals surface area contributed by atoms with Gasteiger partial charge in [0.2, 0.25) is 21.9 Å². The molecule has 0 bridgehead atoms. The van der Waals surface area contributed by atoms with Crippen molar-refractivity contribution < 1.29 is 21.9 Å². The van der Waals surface area contributed by atoms with Gasteiger partial charge in [-0.25, -0.2) is 22.2 Å². The second kappa shape index (κ2) is 8.92. The van der Waals surface area contributed by atoms with Crippen LogP contribution in [-0.2, 0) is 23.0 Å². The molecular weight excluding hydrogens is 462 g/mol. The fourth-order valence-corrected chi connectivity index (χ4v) is 5.79. The molecule has 0 aliphatic carbocycles. The zero-order chi connectivity index (χ0) is 23.9. The van der Waals surface area contributed by atoms with Crippen LogP contribution >= 0.6 is 0 Å². The van der Waals surface area contributed by atoms with Gasteiger partial charge in [-0.3, -0.25) is 0 Å². The highest BCUT2D eigenvalue weighted by Gasteiger charge is 2.33. The number of ether oxygens (including phenoxy) is 1. The SMILES string of the molecule is Cc1cccc(S(=O)(=O)N2CCc3nc(N4CCCC4)nc(Oc4ccc(F)c(F)c4)c3C2)c1. The molecule has 0 unspecified atom stereocenters. The highest BCUT2D eigenvalue weighted by Crippen LogP contribution is 2.34. The van der Waals surface area contributed by atoms with Crippen molar-refractivity contribution in [3.05, 3.63) is 70.9 Å². The Morgan fingerprint density at radius 1 is 0.971 bits per heavy atom. The first-order chi connectivity index (χ1) is 16.3. The van der Waals surface area contributed by atoms with Gasteiger partial charge in [-0.1, -0.05) is 12.1 Å². The van der Waals surface area contributed by atoms with Crippen LogP contribution in [0.15, 0.2) is 47.4 Å². The van der Waals surface area contributed by atoms with Crippen molar-refractivity contribution in [2.24, 2.45) is 0 Å². The molecule has 5 rings (SSSR count). The van der Waals surface area contributed by atoms with E-state index in [0.29, 0.717) is 23.6 Å². The number of sulfonamides is 1. The predicted octanol–water partition coefficient (Wildman–Crippen LogP) is 4.20. The molecule has 10 heteroatoms. The van der Waals surface area contributed by atoms with Crippen molar-refractivity contribution in [3.63, 3.8) is 0 Å². The van der Waals surface area contributed by atoms with Gasteiger partial charge >= 0.3 is 0 Å². The number of halogens is 2. The van der Waals surface area contributed by atoms with E-state index in [1.54, 1.807) is 18.2 Å². The predicted molar refractivity (Wildman–Crippen MR) is 122 cm³/mol. The van der Waals surface area contributed by atoms with Crippen LogP contribution in [0.2, 0.25) is 0 Å². The Labute approximate surface area is 197 Å². The van der Waals surface area contributed by atoms with E-state index >= 15 is 0 Å². The van der Waals surface area contributed by atoms with Gasteiger partial charge in [0, 0.05) is 38.7 Å². The van der Waals surface area contributed by atoms with Crippen LogP contribution in [0, 0.1) is 18.6 Å². The molecular formula is C24H24F2N4O3S. The van der Waals surface area contributed by atoms with Crippen molar-refractivity contribution in [1.82, 2.24) is 14.3 Å². The van der Waals surface area contributed by atoms with Crippen molar-refractivity contribution in [3.8, 4) is 11.6 Å². The Morgan fingerprint density at radius 3 is 2.50 bits per heavy atom. The maximum absolute atomic E-state index is 13.8. The molecule has 2 aliphatic rings. The smallest absolute Gasteiger partial charge is 0.243 e. The van der Waals surface area contributed by atoms with Crippen LogP contribution in [0.4, 0.5) is 14.7 Å². The molecule has 2 aromatic carbocycles. The number of anilines is 1. The number of fused-ring (bicyclic) bond motifs is 1. The van der Waals surface area contributed by atoms with E-state index in [2.05, 4.69) is 4.98 Å². The first-order valence-electron chi connectivity index (χ1n) is 11.2. The minimum Gasteiger partial charge on any atom is -0.438 e. The van der Waals surface area contributed by atoms with E-state index in [1.807, 2.05) is 17.9 Å². The summed E-state index contributed by atoms with van der Waals surface area (Å²) in [5.41, 5.74) is 2.07. The summed E-state index contributed by atoms with van der Waals surface area (Å²) in [5.74, 6) is -1.29. The number of nitrogens with zero attached hydrogens (tertiary/aromatic N) is 4. The normalized spacial score (nSPS) is 16.5. The van der Waals surface area contributed by atoms with Gasteiger partial charge < -0.3 is 9.64 Å². The molecule has 1 aromatic heterocycles. The summed E-state index contributed by atoms with van der Waals surface area (Å²) in [6.07, 6.45) is 2.45. The molecule has 0 atom stereocenters. The molecule has 0 saturated carbocycles. The van der Waals surface area contributed by atoms with Crippen LogP contribution in [0.1, 0.15) is 29.7 Å². The average Bonchev–Trinajstić information content (AvgIpc) is 3.36. The topological polar surface area (TPSA) is 75.6 Å². The van der Waals surface area contributed by atoms with Crippen LogP contribution in [0.5, 0.6) is 11.6 Å². The summed E-state index contributed by atoms with van der Waals surface area (Å²) < 4.78 is 61.1. The van der Waals surface area contributed by atoms with Gasteiger partial charge in [-0.2, -0.15) is 9.29 Å². The van der Waals surface area contributed by atoms with E-state index in [4.69, 9.17) is 9.72 Å². The lowest BCUT2D eigenvalue weighted by Gasteiger charge is -2.29. The molecule has 7 nitrogen and oxygen atoms in total. The maximum atomic E-state index is 13.8. The molecule has 178 valence electrons. The average molecular weight is 487 g/mol. The van der Waals surface area contributed by atoms with Gasteiger partial charge in [0.25, 0.3) is 0 Å². The van der Waals surface area contributed by atoms with Crippen molar-refractivity contribution in [1.29, 1.82) is 0 Å². The third-order valence-electron chi connectivity index (χ3n) is 6.10. The fourth-order valence-electron chi connectivity index (χ4n) is 4.27. The van der Waals surface area contributed by atoms with Crippen LogP contribution in [0.25, 0.3) is 0 Å². The first-order valence-corrected chi connectivity index (χ1v) is 12.6. The Balaban J connectivity index is 1.53. The summed E-state index contributed by atoms with van der Waals surface area (Å²) in [5, 5.41) is 0. The Morgan fingerprint density at radius 2 is 1.76 bits per heavy atom. The second-order valence-corrected chi connectivity index (χ2v) is 10.5. The summed E-state index contributed by atoms with van der Waals surface area (Å²) in [7, 11) is -3.75. The third-order valence-corrected chi connectivity index (χ3v) is 7.94. The highest BCUT2D eigenvalue weighted by atomic mass is 32.2. The van der Waals surface area contributed by atoms with Crippen LogP contribution in [-0.4, -0.2) is 42.3 Å². The minimum atomic E-state index is -3.75. The monoisotopic (exact) mass is 486 g/mol. The summed E-state index contributed by atoms with van der Waals surface area (Å²) in [4.78, 5) is 11.6. The van der Waals surface area contributed by atoms with E-state index < -0.39 is 21.7 Å². The van der Waals surface area contributed by atoms with Gasteiger partial charge in [0.05, 0.1) is 16.2 Å². The number of hydrogen-bond acceptors (Lipinski definition) is 6. The van der Waals surface area contributed by atoms with E-state index in [-0.39, 0.29) is 29.6 Å². The van der Waals surface area contributed by atoms with Gasteiger partial charge in [0.1, 0.15) is 5.75 Å². The lowest BCUT2D eigenvalue weighted by molar-refractivity contribution is 0.368. The molecule has 1 fully saturated rings. The zero-order valence-electron chi connectivity index (χ0n) is 18.7. The van der Waals surface area contributed by atoms with Crippen molar-refractivity contribution in [2.45, 2.75) is 37.6 Å². The molecule has 0 amide bonds. The van der Waals surface area contributed by atoms with Crippen molar-refractivity contribution >= 4 is 16.0 Å². The first kappa shape index (κ1) is 22.7. The summed E-state index contributed by atoms with van der Waals surface area (Å²) >= 11 is 0. The minimum absolute atomic E-state index is 0.0187.